The van der Waals surface area contributed by atoms with Gasteiger partial charge in [0.15, 0.2) is 0 Å². The highest BCUT2D eigenvalue weighted by molar-refractivity contribution is 6.29. The number of carbonyl (C=O) groups is 1. The Morgan fingerprint density at radius 1 is 1.67 bits per heavy atom. The summed E-state index contributed by atoms with van der Waals surface area (Å²) in [5, 5.41) is 3.05. The number of halogens is 1. The van der Waals surface area contributed by atoms with Crippen molar-refractivity contribution in [1.82, 2.24) is 5.32 Å². The van der Waals surface area contributed by atoms with E-state index < -0.39 is 5.54 Å². The fraction of sp³-hybridized carbons (Fsp3) is 0.625. The molecule has 3 N–H and O–H groups in total. The summed E-state index contributed by atoms with van der Waals surface area (Å²) in [6, 6.07) is 0. The van der Waals surface area contributed by atoms with Crippen LogP contribution >= 0.6 is 11.6 Å². The van der Waals surface area contributed by atoms with Gasteiger partial charge in [0, 0.05) is 5.03 Å². The lowest BCUT2D eigenvalue weighted by molar-refractivity contribution is -0.129. The van der Waals surface area contributed by atoms with E-state index in [1.807, 2.05) is 0 Å². The molecule has 12 heavy (non-hydrogen) atoms. The summed E-state index contributed by atoms with van der Waals surface area (Å²) in [6.07, 6.45) is 2.58. The molecule has 1 fully saturated rings. The molecule has 0 aliphatic heterocycles. The van der Waals surface area contributed by atoms with Gasteiger partial charge in [-0.05, 0) is 19.3 Å². The van der Waals surface area contributed by atoms with Crippen LogP contribution in [-0.4, -0.2) is 18.0 Å². The van der Waals surface area contributed by atoms with Crippen LogP contribution in [0.1, 0.15) is 19.3 Å². The fourth-order valence-electron chi connectivity index (χ4n) is 1.14. The van der Waals surface area contributed by atoms with Crippen LogP contribution in [0.25, 0.3) is 0 Å². The van der Waals surface area contributed by atoms with Crippen molar-refractivity contribution in [2.24, 2.45) is 5.73 Å². The predicted octanol–water partition coefficient (Wildman–Crippen LogP) is 0.736. The molecule has 1 rings (SSSR count). The first-order valence-electron chi connectivity index (χ1n) is 3.95. The monoisotopic (exact) mass is 188 g/mol. The Bertz CT molecular complexity index is 211. The predicted molar refractivity (Wildman–Crippen MR) is 48.8 cm³/mol. The smallest absolute Gasteiger partial charge is 0.240 e. The van der Waals surface area contributed by atoms with Crippen LogP contribution in [0.2, 0.25) is 0 Å². The molecule has 0 radical (unpaired) electrons. The molecule has 3 nitrogen and oxygen atoms in total. The third kappa shape index (κ3) is 1.99. The first kappa shape index (κ1) is 9.55. The number of nitrogens with two attached hydrogens (primary N) is 1. The zero-order valence-corrected chi connectivity index (χ0v) is 7.66. The first-order chi connectivity index (χ1) is 5.54. The summed E-state index contributed by atoms with van der Waals surface area (Å²) < 4.78 is 0. The third-order valence-electron chi connectivity index (χ3n) is 2.14. The molecular formula is C8H13ClN2O. The summed E-state index contributed by atoms with van der Waals surface area (Å²) in [5.74, 6) is -0.115. The molecule has 0 aromatic heterocycles. The van der Waals surface area contributed by atoms with Crippen LogP contribution in [0, 0.1) is 0 Å². The molecular weight excluding hydrogens is 176 g/mol. The van der Waals surface area contributed by atoms with Crippen LogP contribution in [-0.2, 0) is 4.79 Å². The number of rotatable bonds is 3. The Morgan fingerprint density at radius 3 is 2.58 bits per heavy atom. The molecule has 0 saturated heterocycles. The molecule has 0 unspecified atom stereocenters. The van der Waals surface area contributed by atoms with E-state index in [9.17, 15) is 4.79 Å². The van der Waals surface area contributed by atoms with Crippen molar-refractivity contribution in [2.45, 2.75) is 24.8 Å². The lowest BCUT2D eigenvalue weighted by atomic mass is 9.77. The fourth-order valence-corrected chi connectivity index (χ4v) is 1.20. The van der Waals surface area contributed by atoms with E-state index in [-0.39, 0.29) is 5.91 Å². The molecule has 0 bridgehead atoms. The molecule has 0 aromatic carbocycles. The van der Waals surface area contributed by atoms with Gasteiger partial charge in [0.1, 0.15) is 0 Å². The van der Waals surface area contributed by atoms with Crippen molar-refractivity contribution in [1.29, 1.82) is 0 Å². The highest BCUT2D eigenvalue weighted by Crippen LogP contribution is 2.28. The van der Waals surface area contributed by atoms with Gasteiger partial charge in [0.25, 0.3) is 0 Å². The number of hydrogen-bond donors (Lipinski definition) is 2. The molecule has 68 valence electrons. The van der Waals surface area contributed by atoms with Crippen LogP contribution in [0.15, 0.2) is 11.6 Å². The van der Waals surface area contributed by atoms with Crippen molar-refractivity contribution in [3.05, 3.63) is 11.6 Å². The van der Waals surface area contributed by atoms with E-state index in [1.165, 1.54) is 0 Å². The summed E-state index contributed by atoms with van der Waals surface area (Å²) >= 11 is 5.48. The molecule has 1 saturated carbocycles. The van der Waals surface area contributed by atoms with E-state index in [1.54, 1.807) is 0 Å². The van der Waals surface area contributed by atoms with Crippen molar-refractivity contribution in [3.63, 3.8) is 0 Å². The van der Waals surface area contributed by atoms with E-state index in [4.69, 9.17) is 17.3 Å². The van der Waals surface area contributed by atoms with Crippen molar-refractivity contribution >= 4 is 17.5 Å². The first-order valence-corrected chi connectivity index (χ1v) is 4.33. The van der Waals surface area contributed by atoms with Crippen molar-refractivity contribution in [2.75, 3.05) is 6.54 Å². The number of amides is 1. The van der Waals surface area contributed by atoms with Gasteiger partial charge in [-0.2, -0.15) is 0 Å². The minimum Gasteiger partial charge on any atom is -0.350 e. The Kier molecular flexibility index (Phi) is 2.75. The molecule has 1 amide bonds. The standard InChI is InChI=1S/C8H13ClN2O/c1-6(9)5-11-7(12)8(10)3-2-4-8/h1-5,10H2,(H,11,12). The second kappa shape index (κ2) is 3.46. The SMILES string of the molecule is C=C(Cl)CNC(=O)C1(N)CCC1. The summed E-state index contributed by atoms with van der Waals surface area (Å²) in [4.78, 5) is 11.3. The second-order valence-electron chi connectivity index (χ2n) is 3.21. The second-order valence-corrected chi connectivity index (χ2v) is 3.74. The Balaban J connectivity index is 2.33. The number of hydrogen-bond acceptors (Lipinski definition) is 2. The molecule has 0 atom stereocenters. The van der Waals surface area contributed by atoms with Gasteiger partial charge in [-0.3, -0.25) is 4.79 Å². The van der Waals surface area contributed by atoms with Crippen LogP contribution in [0.5, 0.6) is 0 Å². The Labute approximate surface area is 77.0 Å². The molecule has 1 aliphatic rings. The maximum Gasteiger partial charge on any atom is 0.240 e. The maximum atomic E-state index is 11.3. The maximum absolute atomic E-state index is 11.3. The minimum atomic E-state index is -0.633. The molecule has 0 aromatic rings. The zero-order chi connectivity index (χ0) is 9.19. The Hall–Kier alpha value is -0.540. The van der Waals surface area contributed by atoms with Crippen molar-refractivity contribution < 1.29 is 4.79 Å². The van der Waals surface area contributed by atoms with Gasteiger partial charge < -0.3 is 11.1 Å². The highest BCUT2D eigenvalue weighted by Gasteiger charge is 2.39. The quantitative estimate of drug-likeness (QED) is 0.687. The molecule has 1 aliphatic carbocycles. The van der Waals surface area contributed by atoms with Crippen LogP contribution in [0.3, 0.4) is 0 Å². The largest absolute Gasteiger partial charge is 0.350 e. The third-order valence-corrected chi connectivity index (χ3v) is 2.27. The van der Waals surface area contributed by atoms with Gasteiger partial charge in [0.2, 0.25) is 5.91 Å². The van der Waals surface area contributed by atoms with Gasteiger partial charge >= 0.3 is 0 Å². The van der Waals surface area contributed by atoms with Gasteiger partial charge in [-0.25, -0.2) is 0 Å². The number of carbonyl (C=O) groups excluding carboxylic acids is 1. The molecule has 4 heteroatoms. The average molecular weight is 189 g/mol. The van der Waals surface area contributed by atoms with Crippen LogP contribution < -0.4 is 11.1 Å². The number of nitrogens with one attached hydrogen (secondary N) is 1. The van der Waals surface area contributed by atoms with E-state index in [2.05, 4.69) is 11.9 Å². The average Bonchev–Trinajstić information content (AvgIpc) is 1.95. The Morgan fingerprint density at radius 2 is 2.25 bits per heavy atom. The van der Waals surface area contributed by atoms with Crippen LogP contribution in [0.4, 0.5) is 0 Å². The normalized spacial score (nSPS) is 19.5. The summed E-state index contributed by atoms with van der Waals surface area (Å²) in [5.41, 5.74) is 5.12. The molecule has 0 heterocycles. The minimum absolute atomic E-state index is 0.115. The van der Waals surface area contributed by atoms with E-state index in [0.717, 1.165) is 19.3 Å². The van der Waals surface area contributed by atoms with E-state index in [0.29, 0.717) is 11.6 Å². The van der Waals surface area contributed by atoms with Gasteiger partial charge in [-0.15, -0.1) is 0 Å². The summed E-state index contributed by atoms with van der Waals surface area (Å²) in [6.45, 7) is 3.77. The van der Waals surface area contributed by atoms with Crippen molar-refractivity contribution in [3.8, 4) is 0 Å². The highest BCUT2D eigenvalue weighted by atomic mass is 35.5. The molecule has 0 spiro atoms. The summed E-state index contributed by atoms with van der Waals surface area (Å²) in [7, 11) is 0. The topological polar surface area (TPSA) is 55.1 Å². The van der Waals surface area contributed by atoms with E-state index >= 15 is 0 Å². The van der Waals surface area contributed by atoms with Gasteiger partial charge in [-0.1, -0.05) is 18.2 Å². The zero-order valence-electron chi connectivity index (χ0n) is 6.90. The lowest BCUT2D eigenvalue weighted by Gasteiger charge is -2.36. The lowest BCUT2D eigenvalue weighted by Crippen LogP contribution is -2.58. The van der Waals surface area contributed by atoms with Gasteiger partial charge in [0.05, 0.1) is 12.1 Å².